The molecule has 0 saturated heterocycles. The van der Waals surface area contributed by atoms with Gasteiger partial charge in [-0.1, -0.05) is 26.7 Å². The summed E-state index contributed by atoms with van der Waals surface area (Å²) in [5.74, 6) is 0.565. The topological polar surface area (TPSA) is 55.2 Å². The van der Waals surface area contributed by atoms with Crippen molar-refractivity contribution in [1.29, 1.82) is 0 Å². The Hall–Kier alpha value is -1.79. The minimum Gasteiger partial charge on any atom is -0.385 e. The molecule has 21 heavy (non-hydrogen) atoms. The lowest BCUT2D eigenvalue weighted by Gasteiger charge is -2.14. The quantitative estimate of drug-likeness (QED) is 0.445. The van der Waals surface area contributed by atoms with Gasteiger partial charge in [-0.3, -0.25) is 10.1 Å². The van der Waals surface area contributed by atoms with Crippen LogP contribution in [0.15, 0.2) is 18.2 Å². The van der Waals surface area contributed by atoms with Crippen LogP contribution in [-0.4, -0.2) is 11.5 Å². The van der Waals surface area contributed by atoms with Crippen LogP contribution in [0.1, 0.15) is 38.7 Å². The van der Waals surface area contributed by atoms with Gasteiger partial charge in [-0.2, -0.15) is 13.2 Å². The van der Waals surface area contributed by atoms with Crippen molar-refractivity contribution in [3.63, 3.8) is 0 Å². The molecule has 1 aromatic rings. The third-order valence-corrected chi connectivity index (χ3v) is 3.04. The minimum absolute atomic E-state index is 0.113. The minimum atomic E-state index is -4.62. The molecule has 0 aromatic heterocycles. The van der Waals surface area contributed by atoms with Gasteiger partial charge < -0.3 is 5.32 Å². The molecular weight excluding hydrogens is 285 g/mol. The summed E-state index contributed by atoms with van der Waals surface area (Å²) in [4.78, 5) is 9.74. The van der Waals surface area contributed by atoms with Gasteiger partial charge in [-0.25, -0.2) is 0 Å². The Morgan fingerprint density at radius 1 is 1.29 bits per heavy atom. The highest BCUT2D eigenvalue weighted by atomic mass is 19.4. The number of hydrogen-bond acceptors (Lipinski definition) is 3. The van der Waals surface area contributed by atoms with Crippen LogP contribution >= 0.6 is 0 Å². The third kappa shape index (κ3) is 5.61. The van der Waals surface area contributed by atoms with Crippen LogP contribution in [0.4, 0.5) is 24.5 Å². The number of nitro benzene ring substituents is 1. The predicted molar refractivity (Wildman–Crippen MR) is 75.3 cm³/mol. The number of alkyl halides is 3. The fourth-order valence-electron chi connectivity index (χ4n) is 1.94. The number of hydrogen-bond donors (Lipinski definition) is 1. The van der Waals surface area contributed by atoms with E-state index in [1.54, 1.807) is 0 Å². The molecular formula is C14H19F3N2O2. The Labute approximate surface area is 121 Å². The number of nitrogens with one attached hydrogen (secondary N) is 1. The fourth-order valence-corrected chi connectivity index (χ4v) is 1.94. The van der Waals surface area contributed by atoms with Gasteiger partial charge in [0, 0.05) is 24.4 Å². The first-order valence-corrected chi connectivity index (χ1v) is 6.81. The van der Waals surface area contributed by atoms with Crippen molar-refractivity contribution in [2.45, 2.75) is 39.3 Å². The van der Waals surface area contributed by atoms with Crippen molar-refractivity contribution in [3.8, 4) is 0 Å². The maximum atomic E-state index is 12.9. The number of halogens is 3. The monoisotopic (exact) mass is 304 g/mol. The molecule has 0 atom stereocenters. The molecule has 118 valence electrons. The first-order chi connectivity index (χ1) is 9.71. The van der Waals surface area contributed by atoms with Crippen LogP contribution in [0.25, 0.3) is 0 Å². The summed E-state index contributed by atoms with van der Waals surface area (Å²) in [6, 6.07) is 2.76. The smallest absolute Gasteiger partial charge is 0.385 e. The van der Waals surface area contributed by atoms with E-state index >= 15 is 0 Å². The summed E-state index contributed by atoms with van der Waals surface area (Å²) in [6.07, 6.45) is -1.91. The van der Waals surface area contributed by atoms with Crippen molar-refractivity contribution in [2.24, 2.45) is 5.92 Å². The lowest BCUT2D eigenvalue weighted by Crippen LogP contribution is -2.12. The van der Waals surface area contributed by atoms with Gasteiger partial charge in [-0.15, -0.1) is 0 Å². The van der Waals surface area contributed by atoms with E-state index in [1.807, 2.05) is 0 Å². The number of unbranched alkanes of at least 4 members (excludes halogenated alkanes) is 1. The average Bonchev–Trinajstić information content (AvgIpc) is 2.36. The fraction of sp³-hybridized carbons (Fsp3) is 0.571. The van der Waals surface area contributed by atoms with Gasteiger partial charge in [0.15, 0.2) is 0 Å². The highest BCUT2D eigenvalue weighted by Gasteiger charge is 2.35. The molecule has 0 amide bonds. The Kier molecular flexibility index (Phi) is 5.99. The number of anilines is 1. The van der Waals surface area contributed by atoms with Gasteiger partial charge in [0.05, 0.1) is 10.5 Å². The van der Waals surface area contributed by atoms with E-state index in [1.165, 1.54) is 0 Å². The molecule has 0 aliphatic rings. The van der Waals surface area contributed by atoms with E-state index < -0.39 is 22.4 Å². The molecule has 7 heteroatoms. The summed E-state index contributed by atoms with van der Waals surface area (Å²) >= 11 is 0. The van der Waals surface area contributed by atoms with Crippen molar-refractivity contribution < 1.29 is 18.1 Å². The Bertz CT molecular complexity index is 488. The van der Waals surface area contributed by atoms with Crippen molar-refractivity contribution in [2.75, 3.05) is 11.9 Å². The maximum absolute atomic E-state index is 12.9. The first-order valence-electron chi connectivity index (χ1n) is 6.81. The van der Waals surface area contributed by atoms with Crippen molar-refractivity contribution in [3.05, 3.63) is 33.9 Å². The van der Waals surface area contributed by atoms with Crippen LogP contribution in [0.3, 0.4) is 0 Å². The summed E-state index contributed by atoms with van der Waals surface area (Å²) in [7, 11) is 0. The van der Waals surface area contributed by atoms with Crippen molar-refractivity contribution in [1.82, 2.24) is 0 Å². The first kappa shape index (κ1) is 17.3. The number of rotatable bonds is 7. The van der Waals surface area contributed by atoms with E-state index in [2.05, 4.69) is 19.2 Å². The van der Waals surface area contributed by atoms with Gasteiger partial charge in [-0.05, 0) is 18.4 Å². The van der Waals surface area contributed by atoms with E-state index in [9.17, 15) is 23.3 Å². The molecule has 1 N–H and O–H groups in total. The third-order valence-electron chi connectivity index (χ3n) is 3.04. The van der Waals surface area contributed by atoms with Crippen LogP contribution in [0, 0.1) is 16.0 Å². The second kappa shape index (κ2) is 7.28. The van der Waals surface area contributed by atoms with E-state index in [0.717, 1.165) is 31.4 Å². The molecule has 0 aliphatic carbocycles. The summed E-state index contributed by atoms with van der Waals surface area (Å²) in [5.41, 5.74) is -1.68. The Morgan fingerprint density at radius 3 is 2.48 bits per heavy atom. The SMILES string of the molecule is CC(C)CCCCNc1ccc([N+](=O)[O-])cc1C(F)(F)F. The Balaban J connectivity index is 2.75. The van der Waals surface area contributed by atoms with Gasteiger partial charge in [0.25, 0.3) is 5.69 Å². The second-order valence-corrected chi connectivity index (χ2v) is 5.30. The summed E-state index contributed by atoms with van der Waals surface area (Å²) < 4.78 is 38.7. The number of nitrogens with zero attached hydrogens (tertiary/aromatic N) is 1. The van der Waals surface area contributed by atoms with E-state index in [0.29, 0.717) is 18.5 Å². The number of nitro groups is 1. The maximum Gasteiger partial charge on any atom is 0.418 e. The molecule has 0 unspecified atom stereocenters. The molecule has 1 rings (SSSR count). The van der Waals surface area contributed by atoms with Gasteiger partial charge >= 0.3 is 6.18 Å². The van der Waals surface area contributed by atoms with Crippen LogP contribution < -0.4 is 5.32 Å². The highest BCUT2D eigenvalue weighted by molar-refractivity contribution is 5.57. The largest absolute Gasteiger partial charge is 0.418 e. The molecule has 4 nitrogen and oxygen atoms in total. The molecule has 0 spiro atoms. The molecule has 0 radical (unpaired) electrons. The zero-order chi connectivity index (χ0) is 16.0. The zero-order valence-corrected chi connectivity index (χ0v) is 12.0. The lowest BCUT2D eigenvalue weighted by atomic mass is 10.1. The number of non-ortho nitro benzene ring substituents is 1. The zero-order valence-electron chi connectivity index (χ0n) is 12.0. The lowest BCUT2D eigenvalue weighted by molar-refractivity contribution is -0.385. The van der Waals surface area contributed by atoms with E-state index in [-0.39, 0.29) is 5.69 Å². The average molecular weight is 304 g/mol. The predicted octanol–water partition coefficient (Wildman–Crippen LogP) is 4.85. The normalized spacial score (nSPS) is 11.7. The molecule has 0 fully saturated rings. The number of benzene rings is 1. The Morgan fingerprint density at radius 2 is 1.95 bits per heavy atom. The molecule has 0 aliphatic heterocycles. The van der Waals surface area contributed by atoms with Crippen LogP contribution in [0.2, 0.25) is 0 Å². The van der Waals surface area contributed by atoms with Gasteiger partial charge in [0.1, 0.15) is 0 Å². The van der Waals surface area contributed by atoms with Crippen LogP contribution in [0.5, 0.6) is 0 Å². The summed E-state index contributed by atoms with van der Waals surface area (Å²) in [5, 5.41) is 13.3. The highest BCUT2D eigenvalue weighted by Crippen LogP contribution is 2.37. The van der Waals surface area contributed by atoms with Crippen LogP contribution in [-0.2, 0) is 6.18 Å². The van der Waals surface area contributed by atoms with Gasteiger partial charge in [0.2, 0.25) is 0 Å². The standard InChI is InChI=1S/C14H19F3N2O2/c1-10(2)5-3-4-8-18-13-7-6-11(19(20)21)9-12(13)14(15,16)17/h6-7,9-10,18H,3-5,8H2,1-2H3. The molecule has 0 saturated carbocycles. The molecule has 0 heterocycles. The second-order valence-electron chi connectivity index (χ2n) is 5.30. The molecule has 1 aromatic carbocycles. The van der Waals surface area contributed by atoms with Crippen molar-refractivity contribution >= 4 is 11.4 Å². The summed E-state index contributed by atoms with van der Waals surface area (Å²) in [6.45, 7) is 4.59. The molecule has 0 bridgehead atoms. The van der Waals surface area contributed by atoms with E-state index in [4.69, 9.17) is 0 Å².